The second-order valence-electron chi connectivity index (χ2n) is 9.28. The predicted octanol–water partition coefficient (Wildman–Crippen LogP) is 6.66. The molecule has 3 atom stereocenters. The van der Waals surface area contributed by atoms with Crippen LogP contribution in [0.25, 0.3) is 0 Å². The summed E-state index contributed by atoms with van der Waals surface area (Å²) in [5.41, 5.74) is 1.92. The summed E-state index contributed by atoms with van der Waals surface area (Å²) in [6, 6.07) is 20.4. The van der Waals surface area contributed by atoms with E-state index in [0.717, 1.165) is 5.56 Å². The highest BCUT2D eigenvalue weighted by atomic mass is 16.7. The van der Waals surface area contributed by atoms with E-state index in [0.29, 0.717) is 18.8 Å². The van der Waals surface area contributed by atoms with Gasteiger partial charge in [-0.2, -0.15) is 5.06 Å². The molecule has 0 saturated carbocycles. The Balaban J connectivity index is 2.46. The third-order valence-corrected chi connectivity index (χ3v) is 5.44. The van der Waals surface area contributed by atoms with Gasteiger partial charge in [0.1, 0.15) is 6.10 Å². The van der Waals surface area contributed by atoms with E-state index in [2.05, 4.69) is 63.9 Å². The van der Waals surface area contributed by atoms with E-state index in [-0.39, 0.29) is 17.7 Å². The van der Waals surface area contributed by atoms with E-state index in [9.17, 15) is 9.90 Å². The van der Waals surface area contributed by atoms with Crippen molar-refractivity contribution in [1.82, 2.24) is 5.06 Å². The molecule has 0 bridgehead atoms. The summed E-state index contributed by atoms with van der Waals surface area (Å²) in [5.74, 6) is -0.913. The summed E-state index contributed by atoms with van der Waals surface area (Å²) in [4.78, 5) is 18.5. The minimum Gasteiger partial charge on any atom is -0.481 e. The van der Waals surface area contributed by atoms with Crippen molar-refractivity contribution < 1.29 is 14.7 Å². The number of hydrogen-bond donors (Lipinski definition) is 1. The normalized spacial score (nSPS) is 15.2. The van der Waals surface area contributed by atoms with Gasteiger partial charge in [-0.15, -0.1) is 0 Å². The third kappa shape index (κ3) is 6.41. The Hall–Kier alpha value is -2.17. The van der Waals surface area contributed by atoms with Gasteiger partial charge in [0.15, 0.2) is 0 Å². The summed E-state index contributed by atoms with van der Waals surface area (Å²) >= 11 is 0. The van der Waals surface area contributed by atoms with Crippen molar-refractivity contribution in [2.75, 3.05) is 0 Å². The maximum atomic E-state index is 11.8. The molecule has 0 fully saturated rings. The Morgan fingerprint density at radius 3 is 1.87 bits per heavy atom. The summed E-state index contributed by atoms with van der Waals surface area (Å²) < 4.78 is 0. The lowest BCUT2D eigenvalue weighted by Crippen LogP contribution is -2.46. The van der Waals surface area contributed by atoms with Gasteiger partial charge in [-0.3, -0.25) is 9.63 Å². The molecule has 0 aliphatic carbocycles. The van der Waals surface area contributed by atoms with Crippen molar-refractivity contribution in [1.29, 1.82) is 0 Å². The van der Waals surface area contributed by atoms with Crippen LogP contribution in [0.2, 0.25) is 0 Å². The molecule has 2 rings (SSSR count). The van der Waals surface area contributed by atoms with Gasteiger partial charge >= 0.3 is 5.97 Å². The molecule has 2 aromatic rings. The first-order valence-corrected chi connectivity index (χ1v) is 10.9. The Kier molecular flexibility index (Phi) is 8.63. The molecule has 0 spiro atoms. The van der Waals surface area contributed by atoms with E-state index in [1.807, 2.05) is 43.3 Å². The monoisotopic (exact) mass is 411 g/mol. The van der Waals surface area contributed by atoms with Gasteiger partial charge < -0.3 is 5.11 Å². The number of carboxylic acids is 1. The average Bonchev–Trinajstić information content (AvgIpc) is 2.70. The van der Waals surface area contributed by atoms with Crippen LogP contribution >= 0.6 is 0 Å². The van der Waals surface area contributed by atoms with Crippen molar-refractivity contribution >= 4 is 5.97 Å². The van der Waals surface area contributed by atoms with Crippen molar-refractivity contribution in [3.8, 4) is 0 Å². The molecule has 2 aromatic carbocycles. The van der Waals surface area contributed by atoms with Crippen LogP contribution in [-0.2, 0) is 9.63 Å². The number of rotatable bonds is 10. The molecule has 4 nitrogen and oxygen atoms in total. The minimum atomic E-state index is -0.771. The molecule has 30 heavy (non-hydrogen) atoms. The van der Waals surface area contributed by atoms with Gasteiger partial charge in [-0.05, 0) is 50.7 Å². The zero-order valence-electron chi connectivity index (χ0n) is 19.2. The van der Waals surface area contributed by atoms with Gasteiger partial charge in [0.2, 0.25) is 0 Å². The van der Waals surface area contributed by atoms with Crippen LogP contribution in [-0.4, -0.2) is 21.7 Å². The van der Waals surface area contributed by atoms with E-state index >= 15 is 0 Å². The van der Waals surface area contributed by atoms with Crippen LogP contribution in [0.3, 0.4) is 0 Å². The lowest BCUT2D eigenvalue weighted by atomic mass is 9.92. The first-order chi connectivity index (χ1) is 14.1. The number of carboxylic acid groups (broad SMARTS) is 1. The molecule has 0 heterocycles. The zero-order chi connectivity index (χ0) is 22.3. The number of benzene rings is 2. The lowest BCUT2D eigenvalue weighted by molar-refractivity contribution is -0.279. The van der Waals surface area contributed by atoms with Gasteiger partial charge in [0.25, 0.3) is 0 Å². The SMILES string of the molecule is CCC(CC(ON(C(c1ccccc1)C(C)C)C(C)(C)C)c1ccccc1)C(=O)O. The number of hydroxylamine groups is 2. The van der Waals surface area contributed by atoms with E-state index in [4.69, 9.17) is 4.84 Å². The van der Waals surface area contributed by atoms with Crippen LogP contribution < -0.4 is 0 Å². The number of hydrogen-bond acceptors (Lipinski definition) is 3. The highest BCUT2D eigenvalue weighted by molar-refractivity contribution is 5.69. The Morgan fingerprint density at radius 2 is 1.47 bits per heavy atom. The standard InChI is InChI=1S/C26H37NO3/c1-7-20(25(28)29)18-23(21-14-10-8-11-15-21)30-27(26(4,5)6)24(19(2)3)22-16-12-9-13-17-22/h8-17,19-20,23-24H,7,18H2,1-6H3,(H,28,29). The fourth-order valence-electron chi connectivity index (χ4n) is 3.83. The molecule has 0 saturated heterocycles. The summed E-state index contributed by atoms with van der Waals surface area (Å²) in [5, 5.41) is 11.8. The molecule has 164 valence electrons. The first-order valence-electron chi connectivity index (χ1n) is 10.9. The summed E-state index contributed by atoms with van der Waals surface area (Å²) in [7, 11) is 0. The minimum absolute atomic E-state index is 0.0438. The van der Waals surface area contributed by atoms with Crippen molar-refractivity contribution in [2.24, 2.45) is 11.8 Å². The molecule has 4 heteroatoms. The van der Waals surface area contributed by atoms with Crippen LogP contribution in [0.15, 0.2) is 60.7 Å². The van der Waals surface area contributed by atoms with Gasteiger partial charge in [0, 0.05) is 5.54 Å². The van der Waals surface area contributed by atoms with Crippen LogP contribution in [0.1, 0.15) is 77.7 Å². The summed E-state index contributed by atoms with van der Waals surface area (Å²) in [6.07, 6.45) is 0.669. The van der Waals surface area contributed by atoms with Gasteiger partial charge in [-0.25, -0.2) is 0 Å². The molecular weight excluding hydrogens is 374 g/mol. The highest BCUT2D eigenvalue weighted by Crippen LogP contribution is 2.39. The van der Waals surface area contributed by atoms with Gasteiger partial charge in [-0.1, -0.05) is 81.4 Å². The topological polar surface area (TPSA) is 49.8 Å². The molecule has 0 amide bonds. The van der Waals surface area contributed by atoms with Crippen molar-refractivity contribution in [3.05, 3.63) is 71.8 Å². The molecule has 0 aliphatic rings. The molecule has 1 N–H and O–H groups in total. The second kappa shape index (κ2) is 10.7. The van der Waals surface area contributed by atoms with Crippen molar-refractivity contribution in [2.45, 2.75) is 72.1 Å². The first kappa shape index (κ1) is 24.1. The Bertz CT molecular complexity index is 768. The van der Waals surface area contributed by atoms with E-state index in [1.165, 1.54) is 5.56 Å². The number of aliphatic carboxylic acids is 1. The fraction of sp³-hybridized carbons (Fsp3) is 0.500. The smallest absolute Gasteiger partial charge is 0.306 e. The predicted molar refractivity (Wildman–Crippen MR) is 122 cm³/mol. The molecular formula is C26H37NO3. The third-order valence-electron chi connectivity index (χ3n) is 5.44. The molecule has 3 unspecified atom stereocenters. The maximum absolute atomic E-state index is 11.8. The molecule has 0 aromatic heterocycles. The summed E-state index contributed by atoms with van der Waals surface area (Å²) in [6.45, 7) is 12.7. The van der Waals surface area contributed by atoms with E-state index in [1.54, 1.807) is 0 Å². The fourth-order valence-corrected chi connectivity index (χ4v) is 3.83. The quantitative estimate of drug-likeness (QED) is 0.444. The molecule has 0 aliphatic heterocycles. The maximum Gasteiger partial charge on any atom is 0.306 e. The zero-order valence-corrected chi connectivity index (χ0v) is 19.2. The average molecular weight is 412 g/mol. The second-order valence-corrected chi connectivity index (χ2v) is 9.28. The lowest BCUT2D eigenvalue weighted by Gasteiger charge is -2.44. The van der Waals surface area contributed by atoms with Crippen molar-refractivity contribution in [3.63, 3.8) is 0 Å². The van der Waals surface area contributed by atoms with E-state index < -0.39 is 11.9 Å². The number of nitrogens with zero attached hydrogens (tertiary/aromatic N) is 1. The molecule has 0 radical (unpaired) electrons. The van der Waals surface area contributed by atoms with Crippen LogP contribution in [0.4, 0.5) is 0 Å². The Labute approximate surface area is 181 Å². The number of carbonyl (C=O) groups is 1. The van der Waals surface area contributed by atoms with Gasteiger partial charge in [0.05, 0.1) is 12.0 Å². The van der Waals surface area contributed by atoms with Crippen LogP contribution in [0.5, 0.6) is 0 Å². The largest absolute Gasteiger partial charge is 0.481 e. The Morgan fingerprint density at radius 1 is 0.967 bits per heavy atom. The van der Waals surface area contributed by atoms with Crippen LogP contribution in [0, 0.1) is 11.8 Å². The highest BCUT2D eigenvalue weighted by Gasteiger charge is 2.36.